The number of carbonyl (C=O) groups excluding carboxylic acids is 1. The molecule has 0 saturated carbocycles. The lowest BCUT2D eigenvalue weighted by atomic mass is 9.74. The Balaban J connectivity index is 2.18. The average molecular weight is 296 g/mol. The van der Waals surface area contributed by atoms with Gasteiger partial charge in [0.15, 0.2) is 5.78 Å². The van der Waals surface area contributed by atoms with E-state index in [1.807, 2.05) is 6.92 Å². The van der Waals surface area contributed by atoms with E-state index < -0.39 is 0 Å². The number of benzene rings is 1. The summed E-state index contributed by atoms with van der Waals surface area (Å²) >= 11 is 0. The molecule has 3 nitrogen and oxygen atoms in total. The Morgan fingerprint density at radius 2 is 2.05 bits per heavy atom. The zero-order chi connectivity index (χ0) is 15.6. The van der Waals surface area contributed by atoms with Crippen LogP contribution in [0.25, 0.3) is 21.8 Å². The van der Waals surface area contributed by atoms with Gasteiger partial charge >= 0.3 is 0 Å². The Hall–Kier alpha value is -2.23. The van der Waals surface area contributed by atoms with Crippen molar-refractivity contribution in [1.29, 1.82) is 0 Å². The van der Waals surface area contributed by atoms with Crippen LogP contribution in [0.2, 0.25) is 0 Å². The first-order chi connectivity index (χ1) is 10.4. The van der Waals surface area contributed by atoms with Crippen LogP contribution in [0.5, 0.6) is 0 Å². The lowest BCUT2D eigenvalue weighted by molar-refractivity contribution is 0.0912. The van der Waals surface area contributed by atoms with E-state index in [0.717, 1.165) is 39.6 Å². The molecule has 2 aromatic heterocycles. The SMILES string of the molecule is Cc1nc2c(c3c1[nH]c1ccc(F)cc13)C(=O)CC(C)(C)C2. The van der Waals surface area contributed by atoms with Crippen LogP contribution >= 0.6 is 0 Å². The van der Waals surface area contributed by atoms with E-state index in [1.165, 1.54) is 12.1 Å². The minimum Gasteiger partial charge on any atom is -0.353 e. The molecule has 3 aromatic rings. The van der Waals surface area contributed by atoms with Crippen molar-refractivity contribution >= 4 is 27.6 Å². The third kappa shape index (κ3) is 1.79. The van der Waals surface area contributed by atoms with Gasteiger partial charge in [-0.3, -0.25) is 9.78 Å². The van der Waals surface area contributed by atoms with Crippen LogP contribution in [0.15, 0.2) is 18.2 Å². The number of H-pyrrole nitrogens is 1. The molecule has 0 fully saturated rings. The van der Waals surface area contributed by atoms with Gasteiger partial charge in [-0.25, -0.2) is 4.39 Å². The first-order valence-corrected chi connectivity index (χ1v) is 7.49. The molecule has 0 bridgehead atoms. The molecular weight excluding hydrogens is 279 g/mol. The molecule has 2 heterocycles. The van der Waals surface area contributed by atoms with Gasteiger partial charge in [0, 0.05) is 28.3 Å². The number of nitrogens with zero attached hydrogens (tertiary/aromatic N) is 1. The van der Waals surface area contributed by atoms with E-state index in [-0.39, 0.29) is 17.0 Å². The summed E-state index contributed by atoms with van der Waals surface area (Å²) in [7, 11) is 0. The third-order valence-corrected chi connectivity index (χ3v) is 4.53. The first-order valence-electron chi connectivity index (χ1n) is 7.49. The van der Waals surface area contributed by atoms with Gasteiger partial charge in [-0.15, -0.1) is 0 Å². The Bertz CT molecular complexity index is 953. The lowest BCUT2D eigenvalue weighted by Crippen LogP contribution is -2.28. The highest BCUT2D eigenvalue weighted by molar-refractivity contribution is 6.19. The lowest BCUT2D eigenvalue weighted by Gasteiger charge is -2.30. The summed E-state index contributed by atoms with van der Waals surface area (Å²) in [5.74, 6) is -0.186. The normalized spacial score (nSPS) is 17.2. The Kier molecular flexibility index (Phi) is 2.54. The number of pyridine rings is 1. The molecule has 22 heavy (non-hydrogen) atoms. The zero-order valence-corrected chi connectivity index (χ0v) is 12.9. The molecule has 0 radical (unpaired) electrons. The van der Waals surface area contributed by atoms with Crippen LogP contribution in [-0.2, 0) is 6.42 Å². The molecule has 4 heteroatoms. The van der Waals surface area contributed by atoms with E-state index in [0.29, 0.717) is 12.0 Å². The summed E-state index contributed by atoms with van der Waals surface area (Å²) in [6, 6.07) is 4.65. The van der Waals surface area contributed by atoms with Crippen molar-refractivity contribution in [2.75, 3.05) is 0 Å². The van der Waals surface area contributed by atoms with Crippen LogP contribution in [-0.4, -0.2) is 15.8 Å². The maximum absolute atomic E-state index is 13.7. The van der Waals surface area contributed by atoms with Gasteiger partial charge in [0.25, 0.3) is 0 Å². The predicted molar refractivity (Wildman–Crippen MR) is 84.7 cm³/mol. The van der Waals surface area contributed by atoms with Gasteiger partial charge in [-0.2, -0.15) is 0 Å². The van der Waals surface area contributed by atoms with E-state index in [1.54, 1.807) is 6.07 Å². The maximum atomic E-state index is 13.7. The molecule has 0 aliphatic heterocycles. The molecule has 0 atom stereocenters. The summed E-state index contributed by atoms with van der Waals surface area (Å²) in [5.41, 5.74) is 3.98. The van der Waals surface area contributed by atoms with Crippen molar-refractivity contribution in [3.8, 4) is 0 Å². The molecule has 0 saturated heterocycles. The molecule has 1 aliphatic carbocycles. The number of rotatable bonds is 0. The number of Topliss-reactive ketones (excluding diaryl/α,β-unsaturated/α-hetero) is 1. The van der Waals surface area contributed by atoms with Crippen molar-refractivity contribution in [1.82, 2.24) is 9.97 Å². The van der Waals surface area contributed by atoms with E-state index in [4.69, 9.17) is 0 Å². The second-order valence-corrected chi connectivity index (χ2v) is 7.02. The van der Waals surface area contributed by atoms with Gasteiger partial charge in [0.1, 0.15) is 5.82 Å². The molecule has 1 aliphatic rings. The van der Waals surface area contributed by atoms with Crippen molar-refractivity contribution in [2.24, 2.45) is 5.41 Å². The summed E-state index contributed by atoms with van der Waals surface area (Å²) in [4.78, 5) is 20.6. The van der Waals surface area contributed by atoms with Gasteiger partial charge in [0.2, 0.25) is 0 Å². The standard InChI is InChI=1S/C18H17FN2O/c1-9-17-15(11-6-10(19)4-5-12(11)21-17)16-13(20-9)7-18(2,3)8-14(16)22/h4-6,21H,7-8H2,1-3H3. The third-order valence-electron chi connectivity index (χ3n) is 4.53. The summed E-state index contributed by atoms with van der Waals surface area (Å²) in [6.45, 7) is 6.11. The molecule has 0 unspecified atom stereocenters. The van der Waals surface area contributed by atoms with Crippen LogP contribution in [0.3, 0.4) is 0 Å². The maximum Gasteiger partial charge on any atom is 0.165 e. The van der Waals surface area contributed by atoms with Crippen LogP contribution in [0.4, 0.5) is 4.39 Å². The molecule has 1 aromatic carbocycles. The molecule has 112 valence electrons. The summed E-state index contributed by atoms with van der Waals surface area (Å²) < 4.78 is 13.7. The van der Waals surface area contributed by atoms with Crippen LogP contribution in [0, 0.1) is 18.2 Å². The minimum atomic E-state index is -0.291. The minimum absolute atomic E-state index is 0.0748. The quantitative estimate of drug-likeness (QED) is 0.671. The highest BCUT2D eigenvalue weighted by atomic mass is 19.1. The fourth-order valence-corrected chi connectivity index (χ4v) is 3.62. The van der Waals surface area contributed by atoms with Gasteiger partial charge in [0.05, 0.1) is 16.9 Å². The number of aromatic nitrogens is 2. The van der Waals surface area contributed by atoms with Crippen molar-refractivity contribution in [3.05, 3.63) is 41.0 Å². The van der Waals surface area contributed by atoms with Gasteiger partial charge < -0.3 is 4.98 Å². The second-order valence-electron chi connectivity index (χ2n) is 7.02. The number of nitrogens with one attached hydrogen (secondary N) is 1. The van der Waals surface area contributed by atoms with Crippen molar-refractivity contribution in [2.45, 2.75) is 33.6 Å². The monoisotopic (exact) mass is 296 g/mol. The molecule has 1 N–H and O–H groups in total. The van der Waals surface area contributed by atoms with E-state index in [2.05, 4.69) is 23.8 Å². The zero-order valence-electron chi connectivity index (χ0n) is 12.9. The molecule has 0 spiro atoms. The number of aromatic amines is 1. The topological polar surface area (TPSA) is 45.8 Å². The molecule has 0 amide bonds. The average Bonchev–Trinajstić information content (AvgIpc) is 2.76. The highest BCUT2D eigenvalue weighted by Crippen LogP contribution is 2.40. The smallest absolute Gasteiger partial charge is 0.165 e. The van der Waals surface area contributed by atoms with E-state index in [9.17, 15) is 9.18 Å². The number of ketones is 1. The molecule has 4 rings (SSSR count). The Morgan fingerprint density at radius 3 is 2.82 bits per heavy atom. The summed E-state index contributed by atoms with van der Waals surface area (Å²) in [6.07, 6.45) is 1.27. The van der Waals surface area contributed by atoms with Gasteiger partial charge in [-0.05, 0) is 37.0 Å². The summed E-state index contributed by atoms with van der Waals surface area (Å²) in [5, 5.41) is 1.60. The van der Waals surface area contributed by atoms with Crippen molar-refractivity contribution in [3.63, 3.8) is 0 Å². The second kappa shape index (κ2) is 4.15. The molecular formula is C18H17FN2O. The van der Waals surface area contributed by atoms with Crippen LogP contribution in [0.1, 0.15) is 42.0 Å². The fourth-order valence-electron chi connectivity index (χ4n) is 3.62. The van der Waals surface area contributed by atoms with E-state index >= 15 is 0 Å². The number of fused-ring (bicyclic) bond motifs is 5. The number of hydrogen-bond acceptors (Lipinski definition) is 2. The van der Waals surface area contributed by atoms with Gasteiger partial charge in [-0.1, -0.05) is 13.8 Å². The number of carbonyl (C=O) groups is 1. The van der Waals surface area contributed by atoms with Crippen LogP contribution < -0.4 is 0 Å². The fraction of sp³-hybridized carbons (Fsp3) is 0.333. The van der Waals surface area contributed by atoms with Crippen molar-refractivity contribution < 1.29 is 9.18 Å². The Labute approximate surface area is 127 Å². The largest absolute Gasteiger partial charge is 0.353 e. The first kappa shape index (κ1) is 13.4. The highest BCUT2D eigenvalue weighted by Gasteiger charge is 2.34. The number of aryl methyl sites for hydroxylation is 1. The predicted octanol–water partition coefficient (Wildman–Crippen LogP) is 4.32. The Morgan fingerprint density at radius 1 is 1.27 bits per heavy atom. The number of hydrogen-bond donors (Lipinski definition) is 1. The number of halogens is 1.